The topological polar surface area (TPSA) is 41.3 Å². The van der Waals surface area contributed by atoms with Crippen molar-refractivity contribution in [2.75, 3.05) is 25.1 Å². The van der Waals surface area contributed by atoms with Crippen molar-refractivity contribution < 1.29 is 0 Å². The fraction of sp³-hybridized carbons (Fsp3) is 0.636. The van der Waals surface area contributed by atoms with E-state index in [0.717, 1.165) is 12.3 Å². The summed E-state index contributed by atoms with van der Waals surface area (Å²) in [5.74, 6) is 8.11. The molecule has 0 amide bonds. The van der Waals surface area contributed by atoms with Gasteiger partial charge in [0.2, 0.25) is 0 Å². The van der Waals surface area contributed by atoms with Crippen LogP contribution in [0.3, 0.4) is 0 Å². The lowest BCUT2D eigenvalue weighted by Crippen LogP contribution is -2.49. The molecule has 0 aromatic carbocycles. The Balaban J connectivity index is 2.14. The molecule has 0 bridgehead atoms. The molecule has 3 nitrogen and oxygen atoms in total. The number of nitrogens with one attached hydrogen (secondary N) is 1. The van der Waals surface area contributed by atoms with Gasteiger partial charge >= 0.3 is 0 Å². The highest BCUT2D eigenvalue weighted by Gasteiger charge is 2.28. The number of hydrazine groups is 1. The zero-order chi connectivity index (χ0) is 11.5. The van der Waals surface area contributed by atoms with Crippen LogP contribution in [0.2, 0.25) is 0 Å². The molecule has 1 aromatic rings. The number of thiophene rings is 1. The van der Waals surface area contributed by atoms with Crippen LogP contribution in [0.15, 0.2) is 11.4 Å². The Bertz CT molecular complexity index is 340. The summed E-state index contributed by atoms with van der Waals surface area (Å²) < 4.78 is 0. The molecule has 1 aromatic heterocycles. The summed E-state index contributed by atoms with van der Waals surface area (Å²) in [5.41, 5.74) is 4.31. The average molecular weight is 257 g/mol. The lowest BCUT2D eigenvalue weighted by Gasteiger charge is -2.37. The summed E-state index contributed by atoms with van der Waals surface area (Å²) in [6, 6.07) is 2.99. The van der Waals surface area contributed by atoms with Crippen LogP contribution in [-0.2, 0) is 0 Å². The number of nitrogens with two attached hydrogens (primary N) is 1. The highest BCUT2D eigenvalue weighted by Crippen LogP contribution is 2.28. The van der Waals surface area contributed by atoms with Crippen molar-refractivity contribution >= 4 is 23.1 Å². The predicted octanol–water partition coefficient (Wildman–Crippen LogP) is 1.61. The van der Waals surface area contributed by atoms with Crippen LogP contribution in [0.5, 0.6) is 0 Å². The van der Waals surface area contributed by atoms with Crippen LogP contribution in [-0.4, -0.2) is 36.0 Å². The Morgan fingerprint density at radius 2 is 2.44 bits per heavy atom. The first kappa shape index (κ1) is 12.4. The first-order valence-corrected chi connectivity index (χ1v) is 7.55. The zero-order valence-corrected chi connectivity index (χ0v) is 11.4. The number of nitrogens with zero attached hydrogens (tertiary/aromatic N) is 1. The van der Waals surface area contributed by atoms with Crippen LogP contribution in [0.4, 0.5) is 0 Å². The summed E-state index contributed by atoms with van der Waals surface area (Å²) in [6.45, 7) is 3.29. The van der Waals surface area contributed by atoms with Gasteiger partial charge in [0.15, 0.2) is 0 Å². The summed E-state index contributed by atoms with van der Waals surface area (Å²) in [5, 5.41) is 2.22. The maximum absolute atomic E-state index is 5.73. The molecule has 1 aliphatic heterocycles. The second-order valence-corrected chi connectivity index (χ2v) is 6.52. The van der Waals surface area contributed by atoms with Gasteiger partial charge < -0.3 is 0 Å². The first-order valence-electron chi connectivity index (χ1n) is 5.51. The van der Waals surface area contributed by atoms with Crippen molar-refractivity contribution in [2.45, 2.75) is 19.0 Å². The SMILES string of the molecule is Cc1cc(C(NN)C2CSCCN2C)cs1. The summed E-state index contributed by atoms with van der Waals surface area (Å²) in [7, 11) is 2.19. The Hall–Kier alpha value is -0.0700. The molecular weight excluding hydrogens is 238 g/mol. The van der Waals surface area contributed by atoms with Gasteiger partial charge in [0.05, 0.1) is 6.04 Å². The number of rotatable bonds is 3. The molecule has 0 aliphatic carbocycles. The molecule has 90 valence electrons. The van der Waals surface area contributed by atoms with Crippen LogP contribution in [0.1, 0.15) is 16.5 Å². The van der Waals surface area contributed by atoms with Gasteiger partial charge in [-0.15, -0.1) is 11.3 Å². The smallest absolute Gasteiger partial charge is 0.0631 e. The number of thioether (sulfide) groups is 1. The molecule has 2 atom stereocenters. The average Bonchev–Trinajstić information content (AvgIpc) is 2.69. The van der Waals surface area contributed by atoms with Crippen molar-refractivity contribution in [3.05, 3.63) is 21.9 Å². The van der Waals surface area contributed by atoms with Crippen molar-refractivity contribution in [2.24, 2.45) is 5.84 Å². The van der Waals surface area contributed by atoms with Gasteiger partial charge in [-0.2, -0.15) is 11.8 Å². The highest BCUT2D eigenvalue weighted by molar-refractivity contribution is 7.99. The first-order chi connectivity index (χ1) is 7.72. The third kappa shape index (κ3) is 2.60. The monoisotopic (exact) mass is 257 g/mol. The predicted molar refractivity (Wildman–Crippen MR) is 72.9 cm³/mol. The van der Waals surface area contributed by atoms with E-state index in [9.17, 15) is 0 Å². The number of aryl methyl sites for hydroxylation is 1. The molecular formula is C11H19N3S2. The molecule has 1 fully saturated rings. The van der Waals surface area contributed by atoms with E-state index in [1.165, 1.54) is 16.2 Å². The maximum atomic E-state index is 5.73. The van der Waals surface area contributed by atoms with Crippen molar-refractivity contribution in [1.29, 1.82) is 0 Å². The van der Waals surface area contributed by atoms with Gasteiger partial charge in [0, 0.05) is 29.0 Å². The molecule has 1 saturated heterocycles. The van der Waals surface area contributed by atoms with Gasteiger partial charge in [-0.3, -0.25) is 16.2 Å². The van der Waals surface area contributed by atoms with Crippen LogP contribution < -0.4 is 11.3 Å². The number of hydrogen-bond acceptors (Lipinski definition) is 5. The summed E-state index contributed by atoms with van der Waals surface area (Å²) in [6.07, 6.45) is 0. The van der Waals surface area contributed by atoms with Crippen LogP contribution in [0, 0.1) is 6.92 Å². The lowest BCUT2D eigenvalue weighted by atomic mass is 10.0. The molecule has 1 aliphatic rings. The highest BCUT2D eigenvalue weighted by atomic mass is 32.2. The molecule has 0 radical (unpaired) electrons. The Labute approximate surface area is 105 Å². The number of hydrogen-bond donors (Lipinski definition) is 2. The summed E-state index contributed by atoms with van der Waals surface area (Å²) in [4.78, 5) is 3.76. The quantitative estimate of drug-likeness (QED) is 0.638. The number of likely N-dealkylation sites (N-methyl/N-ethyl adjacent to an activating group) is 1. The Morgan fingerprint density at radius 3 is 3.00 bits per heavy atom. The molecule has 5 heteroatoms. The van der Waals surface area contributed by atoms with Gasteiger partial charge in [-0.1, -0.05) is 0 Å². The summed E-state index contributed by atoms with van der Waals surface area (Å²) >= 11 is 3.81. The minimum Gasteiger partial charge on any atom is -0.300 e. The molecule has 2 heterocycles. The van der Waals surface area contributed by atoms with E-state index >= 15 is 0 Å². The van der Waals surface area contributed by atoms with Crippen LogP contribution >= 0.6 is 23.1 Å². The van der Waals surface area contributed by atoms with Crippen molar-refractivity contribution in [3.8, 4) is 0 Å². The molecule has 16 heavy (non-hydrogen) atoms. The largest absolute Gasteiger partial charge is 0.300 e. The fourth-order valence-electron chi connectivity index (χ4n) is 2.11. The fourth-order valence-corrected chi connectivity index (χ4v) is 4.13. The minimum absolute atomic E-state index is 0.253. The third-order valence-corrected chi connectivity index (χ3v) is 5.05. The van der Waals surface area contributed by atoms with Gasteiger partial charge in [0.25, 0.3) is 0 Å². The van der Waals surface area contributed by atoms with Gasteiger partial charge in [-0.05, 0) is 31.0 Å². The van der Waals surface area contributed by atoms with Crippen LogP contribution in [0.25, 0.3) is 0 Å². The standard InChI is InChI=1S/C11H19N3S2/c1-8-5-9(6-16-8)11(13-12)10-7-15-4-3-14(10)2/h5-6,10-11,13H,3-4,7,12H2,1-2H3. The van der Waals surface area contributed by atoms with E-state index in [4.69, 9.17) is 5.84 Å². The molecule has 0 saturated carbocycles. The maximum Gasteiger partial charge on any atom is 0.0631 e. The Kier molecular flexibility index (Phi) is 4.27. The second-order valence-electron chi connectivity index (χ2n) is 4.26. The van der Waals surface area contributed by atoms with E-state index in [1.54, 1.807) is 11.3 Å². The zero-order valence-electron chi connectivity index (χ0n) is 9.77. The normalized spacial score (nSPS) is 24.6. The van der Waals surface area contributed by atoms with Crippen molar-refractivity contribution in [3.63, 3.8) is 0 Å². The van der Waals surface area contributed by atoms with E-state index < -0.39 is 0 Å². The molecule has 2 unspecified atom stereocenters. The van der Waals surface area contributed by atoms with Gasteiger partial charge in [-0.25, -0.2) is 0 Å². The third-order valence-electron chi connectivity index (χ3n) is 3.12. The van der Waals surface area contributed by atoms with Gasteiger partial charge in [0.1, 0.15) is 0 Å². The molecule has 3 N–H and O–H groups in total. The minimum atomic E-state index is 0.253. The second kappa shape index (κ2) is 5.51. The van der Waals surface area contributed by atoms with E-state index in [2.05, 4.69) is 35.7 Å². The van der Waals surface area contributed by atoms with Crippen molar-refractivity contribution in [1.82, 2.24) is 10.3 Å². The van der Waals surface area contributed by atoms with E-state index in [1.807, 2.05) is 11.8 Å². The molecule has 0 spiro atoms. The molecule has 2 rings (SSSR count). The Morgan fingerprint density at radius 1 is 1.62 bits per heavy atom. The van der Waals surface area contributed by atoms with E-state index in [0.29, 0.717) is 6.04 Å². The van der Waals surface area contributed by atoms with E-state index in [-0.39, 0.29) is 6.04 Å². The lowest BCUT2D eigenvalue weighted by molar-refractivity contribution is 0.216.